The summed E-state index contributed by atoms with van der Waals surface area (Å²) in [6.07, 6.45) is 7.00. The van der Waals surface area contributed by atoms with E-state index in [-0.39, 0.29) is 18.4 Å². The molecular weight excluding hydrogens is 260 g/mol. The van der Waals surface area contributed by atoms with Gasteiger partial charge in [0.05, 0.1) is 6.33 Å². The Morgan fingerprint density at radius 2 is 2.10 bits per heavy atom. The first-order valence-corrected chi connectivity index (χ1v) is 6.85. The lowest BCUT2D eigenvalue weighted by atomic mass is 9.94. The largest absolute Gasteiger partial charge is 0.481 e. The van der Waals surface area contributed by atoms with E-state index in [2.05, 4.69) is 10.3 Å². The van der Waals surface area contributed by atoms with Gasteiger partial charge in [0.2, 0.25) is 0 Å². The van der Waals surface area contributed by atoms with Gasteiger partial charge in [-0.05, 0) is 18.8 Å². The van der Waals surface area contributed by atoms with E-state index in [1.54, 1.807) is 17.4 Å². The monoisotopic (exact) mass is 280 g/mol. The van der Waals surface area contributed by atoms with Crippen molar-refractivity contribution < 1.29 is 14.7 Å². The van der Waals surface area contributed by atoms with Crippen LogP contribution >= 0.6 is 0 Å². The van der Waals surface area contributed by atoms with Crippen molar-refractivity contribution in [2.24, 2.45) is 5.92 Å². The lowest BCUT2D eigenvalue weighted by molar-refractivity contribution is -0.138. The first kappa shape index (κ1) is 14.4. The predicted molar refractivity (Wildman–Crippen MR) is 72.2 cm³/mol. The van der Waals surface area contributed by atoms with E-state index in [9.17, 15) is 9.59 Å². The maximum absolute atomic E-state index is 11.9. The third kappa shape index (κ3) is 4.25. The average molecular weight is 280 g/mol. The summed E-state index contributed by atoms with van der Waals surface area (Å²) in [7, 11) is 0. The Morgan fingerprint density at radius 3 is 2.70 bits per heavy atom. The molecule has 0 atom stereocenters. The van der Waals surface area contributed by atoms with Crippen LogP contribution in [0.4, 0.5) is 4.79 Å². The van der Waals surface area contributed by atoms with Gasteiger partial charge in [0.25, 0.3) is 0 Å². The molecule has 0 spiro atoms. The zero-order chi connectivity index (χ0) is 14.4. The van der Waals surface area contributed by atoms with Crippen molar-refractivity contribution in [3.8, 4) is 0 Å². The number of likely N-dealkylation sites (tertiary alicyclic amines) is 1. The predicted octanol–water partition coefficient (Wildman–Crippen LogP) is 0.779. The molecule has 1 saturated heterocycles. The standard InChI is InChI=1S/C13H20N4O3/c18-12(19)9-11-1-5-17(6-2-11)13(20)15-4-8-16-7-3-14-10-16/h3,7,10-11H,1-2,4-6,8-9H2,(H,15,20)(H,18,19). The van der Waals surface area contributed by atoms with Gasteiger partial charge in [-0.1, -0.05) is 0 Å². The number of hydrogen-bond donors (Lipinski definition) is 2. The second kappa shape index (κ2) is 6.93. The van der Waals surface area contributed by atoms with Gasteiger partial charge in [0.15, 0.2) is 0 Å². The lowest BCUT2D eigenvalue weighted by Gasteiger charge is -2.31. The number of nitrogens with zero attached hydrogens (tertiary/aromatic N) is 3. The third-order valence-electron chi connectivity index (χ3n) is 3.57. The van der Waals surface area contributed by atoms with Crippen molar-refractivity contribution in [3.05, 3.63) is 18.7 Å². The second-order valence-corrected chi connectivity index (χ2v) is 5.06. The Kier molecular flexibility index (Phi) is 4.97. The van der Waals surface area contributed by atoms with Crippen LogP contribution in [0.3, 0.4) is 0 Å². The number of carboxylic acid groups (broad SMARTS) is 1. The van der Waals surface area contributed by atoms with Gasteiger partial charge in [-0.25, -0.2) is 9.78 Å². The lowest BCUT2D eigenvalue weighted by Crippen LogP contribution is -2.45. The number of imidazole rings is 1. The van der Waals surface area contributed by atoms with Crippen LogP contribution in [0.25, 0.3) is 0 Å². The molecule has 1 aliphatic heterocycles. The third-order valence-corrected chi connectivity index (χ3v) is 3.57. The molecule has 20 heavy (non-hydrogen) atoms. The van der Waals surface area contributed by atoms with Crippen molar-refractivity contribution in [1.29, 1.82) is 0 Å². The summed E-state index contributed by atoms with van der Waals surface area (Å²) in [6, 6.07) is -0.0705. The van der Waals surface area contributed by atoms with Crippen molar-refractivity contribution in [2.75, 3.05) is 19.6 Å². The second-order valence-electron chi connectivity index (χ2n) is 5.06. The fourth-order valence-corrected chi connectivity index (χ4v) is 2.41. The van der Waals surface area contributed by atoms with Gasteiger partial charge in [-0.2, -0.15) is 0 Å². The van der Waals surface area contributed by atoms with Gasteiger partial charge in [-0.3, -0.25) is 4.79 Å². The van der Waals surface area contributed by atoms with Crippen LogP contribution in [-0.4, -0.2) is 51.2 Å². The minimum absolute atomic E-state index is 0.0705. The Balaban J connectivity index is 1.65. The van der Waals surface area contributed by atoms with Crippen molar-refractivity contribution in [2.45, 2.75) is 25.8 Å². The average Bonchev–Trinajstić information content (AvgIpc) is 2.92. The van der Waals surface area contributed by atoms with Crippen LogP contribution in [0, 0.1) is 5.92 Å². The van der Waals surface area contributed by atoms with Crippen LogP contribution < -0.4 is 5.32 Å². The highest BCUT2D eigenvalue weighted by Crippen LogP contribution is 2.20. The maximum Gasteiger partial charge on any atom is 0.317 e. The summed E-state index contributed by atoms with van der Waals surface area (Å²) >= 11 is 0. The zero-order valence-corrected chi connectivity index (χ0v) is 11.4. The van der Waals surface area contributed by atoms with E-state index in [1.807, 2.05) is 10.8 Å². The van der Waals surface area contributed by atoms with Crippen molar-refractivity contribution in [3.63, 3.8) is 0 Å². The number of carbonyl (C=O) groups is 2. The fourth-order valence-electron chi connectivity index (χ4n) is 2.41. The van der Waals surface area contributed by atoms with Crippen LogP contribution in [0.1, 0.15) is 19.3 Å². The van der Waals surface area contributed by atoms with Crippen LogP contribution in [0.15, 0.2) is 18.7 Å². The minimum Gasteiger partial charge on any atom is -0.481 e. The van der Waals surface area contributed by atoms with Gasteiger partial charge in [-0.15, -0.1) is 0 Å². The number of hydrogen-bond acceptors (Lipinski definition) is 3. The highest BCUT2D eigenvalue weighted by molar-refractivity contribution is 5.74. The molecule has 1 aromatic heterocycles. The molecule has 2 amide bonds. The molecule has 0 bridgehead atoms. The molecule has 0 saturated carbocycles. The van der Waals surface area contributed by atoms with Crippen molar-refractivity contribution in [1.82, 2.24) is 19.8 Å². The maximum atomic E-state index is 11.9. The number of carboxylic acids is 1. The van der Waals surface area contributed by atoms with Gasteiger partial charge in [0.1, 0.15) is 0 Å². The SMILES string of the molecule is O=C(O)CC1CCN(C(=O)NCCn2ccnc2)CC1. The van der Waals surface area contributed by atoms with E-state index in [4.69, 9.17) is 5.11 Å². The number of aliphatic carboxylic acids is 1. The first-order chi connectivity index (χ1) is 9.65. The summed E-state index contributed by atoms with van der Waals surface area (Å²) in [4.78, 5) is 28.3. The summed E-state index contributed by atoms with van der Waals surface area (Å²) in [5, 5.41) is 11.6. The smallest absolute Gasteiger partial charge is 0.317 e. The number of piperidine rings is 1. The first-order valence-electron chi connectivity index (χ1n) is 6.85. The summed E-state index contributed by atoms with van der Waals surface area (Å²) in [5.74, 6) is -0.560. The Labute approximate surface area is 117 Å². The molecule has 0 aromatic carbocycles. The minimum atomic E-state index is -0.756. The highest BCUT2D eigenvalue weighted by atomic mass is 16.4. The molecule has 7 nitrogen and oxygen atoms in total. The molecule has 0 radical (unpaired) electrons. The Hall–Kier alpha value is -2.05. The van der Waals surface area contributed by atoms with Crippen LogP contribution in [-0.2, 0) is 11.3 Å². The number of carbonyl (C=O) groups excluding carboxylic acids is 1. The molecule has 7 heteroatoms. The molecular formula is C13H20N4O3. The Morgan fingerprint density at radius 1 is 1.35 bits per heavy atom. The summed E-state index contributed by atoms with van der Waals surface area (Å²) in [5.41, 5.74) is 0. The van der Waals surface area contributed by atoms with E-state index < -0.39 is 5.97 Å². The summed E-state index contributed by atoms with van der Waals surface area (Å²) < 4.78 is 1.90. The van der Waals surface area contributed by atoms with E-state index in [0.29, 0.717) is 26.2 Å². The molecule has 1 aliphatic rings. The highest BCUT2D eigenvalue weighted by Gasteiger charge is 2.23. The summed E-state index contributed by atoms with van der Waals surface area (Å²) in [6.45, 7) is 2.52. The number of amides is 2. The van der Waals surface area contributed by atoms with Gasteiger partial charge < -0.3 is 19.9 Å². The van der Waals surface area contributed by atoms with E-state index in [0.717, 1.165) is 12.8 Å². The zero-order valence-electron chi connectivity index (χ0n) is 11.4. The molecule has 0 unspecified atom stereocenters. The van der Waals surface area contributed by atoms with Crippen LogP contribution in [0.2, 0.25) is 0 Å². The van der Waals surface area contributed by atoms with Gasteiger partial charge in [0, 0.05) is 45.0 Å². The van der Waals surface area contributed by atoms with Crippen LogP contribution in [0.5, 0.6) is 0 Å². The van der Waals surface area contributed by atoms with Crippen molar-refractivity contribution >= 4 is 12.0 Å². The number of rotatable bonds is 5. The Bertz CT molecular complexity index is 438. The topological polar surface area (TPSA) is 87.5 Å². The number of nitrogens with one attached hydrogen (secondary N) is 1. The fraction of sp³-hybridized carbons (Fsp3) is 0.615. The molecule has 2 N–H and O–H groups in total. The molecule has 0 aliphatic carbocycles. The van der Waals surface area contributed by atoms with E-state index in [1.165, 1.54) is 0 Å². The quantitative estimate of drug-likeness (QED) is 0.834. The van der Waals surface area contributed by atoms with Gasteiger partial charge >= 0.3 is 12.0 Å². The number of urea groups is 1. The molecule has 110 valence electrons. The molecule has 1 fully saturated rings. The molecule has 2 rings (SSSR count). The van der Waals surface area contributed by atoms with E-state index >= 15 is 0 Å². The molecule has 2 heterocycles. The number of aromatic nitrogens is 2. The molecule has 1 aromatic rings. The normalized spacial score (nSPS) is 16.1.